The molecule has 0 aliphatic carbocycles. The van der Waals surface area contributed by atoms with Gasteiger partial charge in [-0.2, -0.15) is 0 Å². The fourth-order valence-electron chi connectivity index (χ4n) is 4.93. The molecule has 1 fully saturated rings. The Bertz CT molecular complexity index is 1900. The molecule has 1 saturated heterocycles. The summed E-state index contributed by atoms with van der Waals surface area (Å²) in [5.74, 6) is -3.15. The van der Waals surface area contributed by atoms with Gasteiger partial charge in [-0.05, 0) is 35.4 Å². The minimum Gasteiger partial charge on any atom is -0.477 e. The van der Waals surface area contributed by atoms with Gasteiger partial charge in [0, 0.05) is 0 Å². The first-order valence-electron chi connectivity index (χ1n) is 14.1. The Morgan fingerprint density at radius 2 is 1.19 bits per heavy atom. The van der Waals surface area contributed by atoms with E-state index in [-0.39, 0.29) is 44.0 Å². The number of nitrogens with zero attached hydrogens (tertiary/aromatic N) is 2. The second kappa shape index (κ2) is 13.8. The Morgan fingerprint density at radius 3 is 1.62 bits per heavy atom. The molecule has 0 unspecified atom stereocenters. The summed E-state index contributed by atoms with van der Waals surface area (Å²) in [5.41, 5.74) is -3.98. The molecule has 0 bridgehead atoms. The number of nitrogens with one attached hydrogen (secondary N) is 2. The number of rotatable bonds is 14. The van der Waals surface area contributed by atoms with Gasteiger partial charge >= 0.3 is 11.9 Å². The number of ether oxygens (including phenoxy) is 1. The van der Waals surface area contributed by atoms with E-state index < -0.39 is 51.9 Å². The highest BCUT2D eigenvalue weighted by Gasteiger charge is 2.51. The van der Waals surface area contributed by atoms with Crippen molar-refractivity contribution in [3.63, 3.8) is 0 Å². The first kappa shape index (κ1) is 32.2. The summed E-state index contributed by atoms with van der Waals surface area (Å²) >= 11 is 0. The Hall–Kier alpha value is -6.22. The molecule has 1 aliphatic heterocycles. The van der Waals surface area contributed by atoms with Gasteiger partial charge in [-0.15, -0.1) is 9.46 Å². The van der Waals surface area contributed by atoms with Crippen molar-refractivity contribution in [1.29, 1.82) is 0 Å². The molecule has 0 spiro atoms. The average Bonchev–Trinajstić information content (AvgIpc) is 3.41. The van der Waals surface area contributed by atoms with E-state index in [0.29, 0.717) is 15.9 Å². The molecular weight excluding hydrogens is 616 g/mol. The second-order valence-electron chi connectivity index (χ2n) is 10.4. The van der Waals surface area contributed by atoms with E-state index in [9.17, 15) is 39.0 Å². The first-order valence-corrected chi connectivity index (χ1v) is 14.1. The number of aldehydes is 2. The van der Waals surface area contributed by atoms with Crippen molar-refractivity contribution >= 4 is 36.1 Å². The number of aromatic carboxylic acids is 2. The van der Waals surface area contributed by atoms with E-state index in [0.717, 1.165) is 16.9 Å². The van der Waals surface area contributed by atoms with Crippen molar-refractivity contribution in [2.75, 3.05) is 17.2 Å². The van der Waals surface area contributed by atoms with Crippen LogP contribution in [0.1, 0.15) is 31.8 Å². The zero-order chi connectivity index (χ0) is 33.6. The molecule has 4 N–H and O–H groups in total. The maximum Gasteiger partial charge on any atom is 0.341 e. The van der Waals surface area contributed by atoms with Crippen molar-refractivity contribution in [3.05, 3.63) is 128 Å². The molecule has 3 heterocycles. The van der Waals surface area contributed by atoms with Crippen molar-refractivity contribution in [2.45, 2.75) is 30.9 Å². The molecule has 0 saturated carbocycles. The van der Waals surface area contributed by atoms with Gasteiger partial charge < -0.3 is 35.3 Å². The van der Waals surface area contributed by atoms with Gasteiger partial charge in [0.2, 0.25) is 0 Å². The van der Waals surface area contributed by atoms with Crippen molar-refractivity contribution in [1.82, 2.24) is 9.46 Å². The third-order valence-corrected chi connectivity index (χ3v) is 7.36. The van der Waals surface area contributed by atoms with E-state index in [1.807, 2.05) is 0 Å². The molecule has 15 heteroatoms. The van der Waals surface area contributed by atoms with Crippen LogP contribution in [0.3, 0.4) is 0 Å². The number of carbonyl (C=O) groups is 4. The molecule has 2 aromatic carbocycles. The number of hydrogen-bond acceptors (Lipinski definition) is 11. The summed E-state index contributed by atoms with van der Waals surface area (Å²) in [6, 6.07) is 19.8. The van der Waals surface area contributed by atoms with Gasteiger partial charge in [-0.25, -0.2) is 9.59 Å². The van der Waals surface area contributed by atoms with E-state index in [1.54, 1.807) is 60.7 Å². The summed E-state index contributed by atoms with van der Waals surface area (Å²) in [5, 5.41) is 25.0. The topological polar surface area (TPSA) is 204 Å². The molecule has 242 valence electrons. The predicted molar refractivity (Wildman–Crippen MR) is 164 cm³/mol. The SMILES string of the molecule is O=CC1(C=O)OC[C@@H](Nc2ccc(C(=O)O)c(=O)n2OCc2ccccc2)[C@H]1Nc1ccc(C(=O)O)c(=O)n1OCc1ccccc1. The van der Waals surface area contributed by atoms with Crippen LogP contribution in [0.4, 0.5) is 11.6 Å². The summed E-state index contributed by atoms with van der Waals surface area (Å²) in [6.45, 7) is -0.547. The lowest BCUT2D eigenvalue weighted by atomic mass is 9.94. The van der Waals surface area contributed by atoms with Crippen molar-refractivity contribution in [3.8, 4) is 0 Å². The van der Waals surface area contributed by atoms with Crippen LogP contribution < -0.4 is 31.4 Å². The molecule has 0 amide bonds. The van der Waals surface area contributed by atoms with E-state index in [2.05, 4.69) is 10.6 Å². The van der Waals surface area contributed by atoms with Gasteiger partial charge in [0.25, 0.3) is 11.1 Å². The number of anilines is 2. The standard InChI is InChI=1S/C32H28N4O11/c37-18-32(19-38)27(34-26-14-12-23(31(43)44)29(40)36(26)47-16-21-9-5-2-6-10-21)24(17-45-32)33-25-13-11-22(30(41)42)28(39)35(25)46-15-20-7-3-1-4-8-20/h1-14,18-19,24,27,33-34H,15-17H2,(H,41,42)(H,43,44)/t24-,27-/m1/s1. The fourth-order valence-corrected chi connectivity index (χ4v) is 4.93. The van der Waals surface area contributed by atoms with Crippen LogP contribution in [0.25, 0.3) is 0 Å². The molecule has 0 radical (unpaired) electrons. The van der Waals surface area contributed by atoms with Gasteiger partial charge in [0.05, 0.1) is 18.7 Å². The molecule has 5 rings (SSSR count). The Labute approximate surface area is 265 Å². The number of carboxylic acids is 2. The molecule has 2 aromatic heterocycles. The highest BCUT2D eigenvalue weighted by molar-refractivity contribution is 5.91. The van der Waals surface area contributed by atoms with E-state index in [1.165, 1.54) is 12.1 Å². The summed E-state index contributed by atoms with van der Waals surface area (Å²) in [4.78, 5) is 85.9. The quantitative estimate of drug-likeness (QED) is 0.112. The lowest BCUT2D eigenvalue weighted by molar-refractivity contribution is -0.137. The molecule has 15 nitrogen and oxygen atoms in total. The van der Waals surface area contributed by atoms with Crippen LogP contribution in [0.15, 0.2) is 94.5 Å². The summed E-state index contributed by atoms with van der Waals surface area (Å²) in [7, 11) is 0. The summed E-state index contributed by atoms with van der Waals surface area (Å²) in [6.07, 6.45) is 0.537. The second-order valence-corrected chi connectivity index (χ2v) is 10.4. The fraction of sp³-hybridized carbons (Fsp3) is 0.188. The number of aromatic nitrogens is 2. The van der Waals surface area contributed by atoms with Crippen LogP contribution in [-0.2, 0) is 27.5 Å². The zero-order valence-electron chi connectivity index (χ0n) is 24.5. The maximum absolute atomic E-state index is 13.2. The monoisotopic (exact) mass is 644 g/mol. The highest BCUT2D eigenvalue weighted by atomic mass is 16.7. The van der Waals surface area contributed by atoms with Crippen LogP contribution in [0.2, 0.25) is 0 Å². The zero-order valence-corrected chi connectivity index (χ0v) is 24.5. The minimum absolute atomic E-state index is 0.0390. The summed E-state index contributed by atoms with van der Waals surface area (Å²) < 4.78 is 7.07. The number of benzene rings is 2. The van der Waals surface area contributed by atoms with Crippen LogP contribution in [0, 0.1) is 0 Å². The Balaban J connectivity index is 1.51. The number of pyridine rings is 2. The largest absolute Gasteiger partial charge is 0.477 e. The smallest absolute Gasteiger partial charge is 0.341 e. The number of carboxylic acid groups (broad SMARTS) is 2. The Kier molecular flexibility index (Phi) is 9.47. The molecule has 2 atom stereocenters. The third kappa shape index (κ3) is 6.74. The first-order chi connectivity index (χ1) is 22.7. The van der Waals surface area contributed by atoms with Gasteiger partial charge in [-0.3, -0.25) is 19.2 Å². The van der Waals surface area contributed by atoms with Gasteiger partial charge in [0.1, 0.15) is 36.0 Å². The van der Waals surface area contributed by atoms with Crippen molar-refractivity contribution < 1.29 is 43.8 Å². The molecule has 47 heavy (non-hydrogen) atoms. The normalized spacial score (nSPS) is 16.5. The third-order valence-electron chi connectivity index (χ3n) is 7.36. The maximum atomic E-state index is 13.2. The van der Waals surface area contributed by atoms with Gasteiger partial charge in [-0.1, -0.05) is 60.7 Å². The van der Waals surface area contributed by atoms with Crippen LogP contribution >= 0.6 is 0 Å². The lowest BCUT2D eigenvalue weighted by Gasteiger charge is -2.30. The lowest BCUT2D eigenvalue weighted by Crippen LogP contribution is -2.54. The molecule has 1 aliphatic rings. The molecule has 4 aromatic rings. The van der Waals surface area contributed by atoms with E-state index in [4.69, 9.17) is 14.4 Å². The van der Waals surface area contributed by atoms with Gasteiger partial charge in [0.15, 0.2) is 18.2 Å². The van der Waals surface area contributed by atoms with Crippen LogP contribution in [0.5, 0.6) is 0 Å². The van der Waals surface area contributed by atoms with Crippen molar-refractivity contribution in [2.24, 2.45) is 0 Å². The molecular formula is C32H28N4O11. The predicted octanol–water partition coefficient (Wildman–Crippen LogP) is 1.09. The number of hydrogen-bond donors (Lipinski definition) is 4. The van der Waals surface area contributed by atoms with Crippen LogP contribution in [-0.4, -0.2) is 68.5 Å². The average molecular weight is 645 g/mol. The Morgan fingerprint density at radius 1 is 0.745 bits per heavy atom. The highest BCUT2D eigenvalue weighted by Crippen LogP contribution is 2.29. The minimum atomic E-state index is -2.11. The van der Waals surface area contributed by atoms with E-state index >= 15 is 0 Å². The number of carbonyl (C=O) groups excluding carboxylic acids is 2.